The van der Waals surface area contributed by atoms with Crippen LogP contribution >= 0.6 is 11.8 Å². The van der Waals surface area contributed by atoms with E-state index >= 15 is 0 Å². The number of carbonyl (C=O) groups is 3. The van der Waals surface area contributed by atoms with E-state index in [4.69, 9.17) is 10.6 Å². The Morgan fingerprint density at radius 1 is 1.34 bits per heavy atom. The zero-order valence-corrected chi connectivity index (χ0v) is 18.7. The molecule has 0 unspecified atom stereocenters. The van der Waals surface area contributed by atoms with Gasteiger partial charge in [-0.1, -0.05) is 11.6 Å². The van der Waals surface area contributed by atoms with Crippen molar-refractivity contribution >= 4 is 41.1 Å². The molecular formula is C20H26N6O5S. The maximum Gasteiger partial charge on any atom is 0.327 e. The molecule has 0 bridgehead atoms. The summed E-state index contributed by atoms with van der Waals surface area (Å²) in [5.41, 5.74) is 5.57. The number of carboxylic acids is 1. The van der Waals surface area contributed by atoms with Gasteiger partial charge in [-0.3, -0.25) is 9.59 Å². The molecule has 1 saturated carbocycles. The normalized spacial score (nSPS) is 27.4. The number of hydrogen-bond acceptors (Lipinski definition) is 9. The number of nitrogens with one attached hydrogen (secondary N) is 1. The number of β-lactam (4-membered cyclic amide) rings is 1. The molecule has 1 aromatic heterocycles. The molecule has 3 atom stereocenters. The molecule has 4 rings (SSSR count). The van der Waals surface area contributed by atoms with E-state index in [0.717, 1.165) is 32.1 Å². The molecule has 0 spiro atoms. The second-order valence-electron chi connectivity index (χ2n) is 8.66. The number of fused-ring (bicyclic) bond motifs is 1. The number of anilines is 1. The van der Waals surface area contributed by atoms with Gasteiger partial charge in [-0.25, -0.2) is 14.8 Å². The third-order valence-electron chi connectivity index (χ3n) is 5.91. The van der Waals surface area contributed by atoms with E-state index in [0.29, 0.717) is 0 Å². The fourth-order valence-corrected chi connectivity index (χ4v) is 5.95. The van der Waals surface area contributed by atoms with Crippen molar-refractivity contribution in [2.45, 2.75) is 74.3 Å². The van der Waals surface area contributed by atoms with Gasteiger partial charge in [0, 0.05) is 10.9 Å². The number of aromatic nitrogens is 2. The highest BCUT2D eigenvalue weighted by Crippen LogP contribution is 2.50. The molecule has 2 amide bonds. The van der Waals surface area contributed by atoms with Gasteiger partial charge >= 0.3 is 5.97 Å². The fraction of sp³-hybridized carbons (Fsp3) is 0.600. The largest absolute Gasteiger partial charge is 0.480 e. The molecule has 3 fully saturated rings. The smallest absolute Gasteiger partial charge is 0.327 e. The van der Waals surface area contributed by atoms with Crippen LogP contribution in [0, 0.1) is 0 Å². The highest BCUT2D eigenvalue weighted by Gasteiger charge is 2.64. The summed E-state index contributed by atoms with van der Waals surface area (Å²) in [6, 6.07) is -0.354. The average Bonchev–Trinajstić information content (AvgIpc) is 3.01. The summed E-state index contributed by atoms with van der Waals surface area (Å²) in [5, 5.41) is 15.8. The molecule has 3 aliphatic rings. The van der Waals surface area contributed by atoms with Crippen LogP contribution in [-0.2, 0) is 19.2 Å². The Morgan fingerprint density at radius 3 is 2.72 bits per heavy atom. The summed E-state index contributed by atoms with van der Waals surface area (Å²) in [7, 11) is 0. The molecule has 12 heteroatoms. The molecule has 0 aromatic carbocycles. The van der Waals surface area contributed by atoms with Crippen molar-refractivity contribution in [2.75, 3.05) is 5.73 Å². The second kappa shape index (κ2) is 8.57. The summed E-state index contributed by atoms with van der Waals surface area (Å²) in [4.78, 5) is 52.6. The Labute approximate surface area is 189 Å². The summed E-state index contributed by atoms with van der Waals surface area (Å²) in [5.74, 6) is -2.04. The van der Waals surface area contributed by atoms with E-state index in [9.17, 15) is 19.5 Å². The van der Waals surface area contributed by atoms with Crippen molar-refractivity contribution < 1.29 is 24.3 Å². The minimum absolute atomic E-state index is 0.00949. The maximum atomic E-state index is 13.1. The number of aliphatic carboxylic acids is 1. The standard InChI is InChI=1S/C20H26N6O5S/c1-20(2)14(19(29)30)26-17(28)13(18(26)32-20)24-16(27)12(15-22-9-8-11(21)23-15)25-31-10-6-4-3-5-7-10/h8-10,13-14,18H,3-7H2,1-2H3,(H,24,27)(H,29,30)(H2,21,22,23)/b25-12-/t13-,14-,18+/m0/s1. The number of hydrogen-bond donors (Lipinski definition) is 3. The van der Waals surface area contributed by atoms with Crippen molar-refractivity contribution in [1.29, 1.82) is 0 Å². The highest BCUT2D eigenvalue weighted by molar-refractivity contribution is 8.01. The fourth-order valence-electron chi connectivity index (χ4n) is 4.32. The van der Waals surface area contributed by atoms with Gasteiger partial charge in [0.15, 0.2) is 5.82 Å². The van der Waals surface area contributed by atoms with Crippen LogP contribution in [-0.4, -0.2) is 71.8 Å². The molecule has 1 aliphatic carbocycles. The monoisotopic (exact) mass is 462 g/mol. The molecule has 32 heavy (non-hydrogen) atoms. The summed E-state index contributed by atoms with van der Waals surface area (Å²) in [6.07, 6.45) is 6.19. The van der Waals surface area contributed by atoms with E-state index in [2.05, 4.69) is 20.4 Å². The minimum atomic E-state index is -1.07. The molecule has 2 aliphatic heterocycles. The Kier molecular flexibility index (Phi) is 5.97. The maximum absolute atomic E-state index is 13.1. The number of thioether (sulfide) groups is 1. The van der Waals surface area contributed by atoms with Gasteiger partial charge in [0.05, 0.1) is 0 Å². The van der Waals surface area contributed by atoms with E-state index in [1.807, 2.05) is 0 Å². The summed E-state index contributed by atoms with van der Waals surface area (Å²) < 4.78 is -0.691. The van der Waals surface area contributed by atoms with Gasteiger partial charge in [0.2, 0.25) is 11.6 Å². The number of carbonyl (C=O) groups excluding carboxylic acids is 2. The first-order valence-corrected chi connectivity index (χ1v) is 11.4. The number of nitrogens with zero attached hydrogens (tertiary/aromatic N) is 4. The third kappa shape index (κ3) is 4.10. The second-order valence-corrected chi connectivity index (χ2v) is 10.4. The van der Waals surface area contributed by atoms with E-state index in [-0.39, 0.29) is 23.5 Å². The lowest BCUT2D eigenvalue weighted by Gasteiger charge is -2.43. The first kappa shape index (κ1) is 22.3. The first-order chi connectivity index (χ1) is 15.2. The first-order valence-electron chi connectivity index (χ1n) is 10.6. The molecule has 172 valence electrons. The number of oxime groups is 1. The zero-order chi connectivity index (χ0) is 23.0. The van der Waals surface area contributed by atoms with Crippen LogP contribution < -0.4 is 11.1 Å². The molecule has 3 heterocycles. The number of carboxylic acid groups (broad SMARTS) is 1. The van der Waals surface area contributed by atoms with Gasteiger partial charge < -0.3 is 25.9 Å². The van der Waals surface area contributed by atoms with Gasteiger partial charge in [-0.05, 0) is 45.6 Å². The topological polar surface area (TPSA) is 160 Å². The van der Waals surface area contributed by atoms with Crippen molar-refractivity contribution in [3.63, 3.8) is 0 Å². The molecule has 0 radical (unpaired) electrons. The third-order valence-corrected chi connectivity index (χ3v) is 7.48. The summed E-state index contributed by atoms with van der Waals surface area (Å²) >= 11 is 1.34. The molecule has 11 nitrogen and oxygen atoms in total. The predicted octanol–water partition coefficient (Wildman–Crippen LogP) is 0.744. The molecular weight excluding hydrogens is 436 g/mol. The van der Waals surface area contributed by atoms with Crippen LogP contribution in [0.1, 0.15) is 51.8 Å². The number of nitrogen functional groups attached to an aromatic ring is 1. The number of nitrogens with two attached hydrogens (primary N) is 1. The average molecular weight is 463 g/mol. The van der Waals surface area contributed by atoms with Crippen LogP contribution in [0.25, 0.3) is 0 Å². The SMILES string of the molecule is CC1(C)S[C@@H]2[C@@H](NC(=O)/C(=N\OC3CCCCC3)c3nccc(N)n3)C(=O)N2[C@H]1C(=O)O. The zero-order valence-electron chi connectivity index (χ0n) is 17.9. The lowest BCUT2D eigenvalue weighted by molar-refractivity contribution is -0.160. The van der Waals surface area contributed by atoms with Crippen molar-refractivity contribution in [1.82, 2.24) is 20.2 Å². The highest BCUT2D eigenvalue weighted by atomic mass is 32.2. The van der Waals surface area contributed by atoms with Gasteiger partial charge in [-0.2, -0.15) is 0 Å². The van der Waals surface area contributed by atoms with Crippen LogP contribution in [0.15, 0.2) is 17.4 Å². The van der Waals surface area contributed by atoms with E-state index in [1.165, 1.54) is 28.9 Å². The quantitative estimate of drug-likeness (QED) is 0.315. The molecule has 4 N–H and O–H groups in total. The van der Waals surface area contributed by atoms with Gasteiger partial charge in [0.1, 0.15) is 29.4 Å². The van der Waals surface area contributed by atoms with Crippen LogP contribution in [0.2, 0.25) is 0 Å². The van der Waals surface area contributed by atoms with Crippen molar-refractivity contribution in [3.05, 3.63) is 18.1 Å². The lowest BCUT2D eigenvalue weighted by atomic mass is 9.96. The van der Waals surface area contributed by atoms with Crippen LogP contribution in [0.5, 0.6) is 0 Å². The van der Waals surface area contributed by atoms with E-state index < -0.39 is 40.0 Å². The predicted molar refractivity (Wildman–Crippen MR) is 117 cm³/mol. The van der Waals surface area contributed by atoms with Crippen LogP contribution in [0.3, 0.4) is 0 Å². The Balaban J connectivity index is 1.53. The minimum Gasteiger partial charge on any atom is -0.480 e. The Hall–Kier alpha value is -2.89. The molecule has 2 saturated heterocycles. The number of amides is 2. The van der Waals surface area contributed by atoms with Gasteiger partial charge in [-0.15, -0.1) is 11.8 Å². The Bertz CT molecular complexity index is 964. The van der Waals surface area contributed by atoms with Gasteiger partial charge in [0.25, 0.3) is 5.91 Å². The van der Waals surface area contributed by atoms with Crippen molar-refractivity contribution in [3.8, 4) is 0 Å². The van der Waals surface area contributed by atoms with E-state index in [1.54, 1.807) is 13.8 Å². The number of rotatable bonds is 6. The Morgan fingerprint density at radius 2 is 2.06 bits per heavy atom. The molecule has 1 aromatic rings. The van der Waals surface area contributed by atoms with Crippen molar-refractivity contribution in [2.24, 2.45) is 5.16 Å². The lowest BCUT2D eigenvalue weighted by Crippen LogP contribution is -2.71. The summed E-state index contributed by atoms with van der Waals surface area (Å²) in [6.45, 7) is 3.54. The van der Waals surface area contributed by atoms with Crippen LogP contribution in [0.4, 0.5) is 5.82 Å².